The first kappa shape index (κ1) is 21.9. The number of likely N-dealkylation sites (tertiary alicyclic amines) is 1. The van der Waals surface area contributed by atoms with Gasteiger partial charge in [0.15, 0.2) is 0 Å². The molecule has 3 aromatic carbocycles. The number of urea groups is 1. The van der Waals surface area contributed by atoms with E-state index < -0.39 is 0 Å². The predicted octanol–water partition coefficient (Wildman–Crippen LogP) is 5.51. The van der Waals surface area contributed by atoms with Gasteiger partial charge in [0.05, 0.1) is 5.69 Å². The van der Waals surface area contributed by atoms with E-state index in [1.165, 1.54) is 28.2 Å². The number of benzene rings is 3. The quantitative estimate of drug-likeness (QED) is 0.365. The van der Waals surface area contributed by atoms with E-state index >= 15 is 0 Å². The van der Waals surface area contributed by atoms with Crippen LogP contribution in [-0.2, 0) is 11.3 Å². The van der Waals surface area contributed by atoms with Gasteiger partial charge in [0.2, 0.25) is 0 Å². The molecule has 172 valence electrons. The van der Waals surface area contributed by atoms with Crippen molar-refractivity contribution in [3.8, 4) is 11.5 Å². The fraction of sp³-hybridized carbons (Fsp3) is 0.214. The first-order chi connectivity index (χ1) is 16.6. The van der Waals surface area contributed by atoms with Gasteiger partial charge in [-0.2, -0.15) is 0 Å². The number of carbonyl (C=O) groups is 2. The summed E-state index contributed by atoms with van der Waals surface area (Å²) in [4.78, 5) is 31.1. The van der Waals surface area contributed by atoms with Crippen molar-refractivity contribution in [1.82, 2.24) is 9.80 Å². The number of rotatable bonds is 6. The van der Waals surface area contributed by atoms with Crippen molar-refractivity contribution >= 4 is 23.7 Å². The van der Waals surface area contributed by atoms with E-state index in [0.717, 1.165) is 30.9 Å². The summed E-state index contributed by atoms with van der Waals surface area (Å²) in [5.41, 5.74) is 3.00. The first-order valence-electron chi connectivity index (χ1n) is 11.6. The van der Waals surface area contributed by atoms with Gasteiger partial charge in [-0.15, -0.1) is 0 Å². The molecule has 2 aliphatic rings. The molecule has 2 heterocycles. The van der Waals surface area contributed by atoms with Crippen LogP contribution in [0.1, 0.15) is 24.0 Å². The molecule has 0 bridgehead atoms. The van der Waals surface area contributed by atoms with Crippen LogP contribution >= 0.6 is 0 Å². The maximum Gasteiger partial charge on any atom is 0.336 e. The number of amides is 3. The smallest absolute Gasteiger partial charge is 0.336 e. The molecular formula is C28H27N3O3. The summed E-state index contributed by atoms with van der Waals surface area (Å²) >= 11 is 0. The van der Waals surface area contributed by atoms with E-state index in [2.05, 4.69) is 17.0 Å². The van der Waals surface area contributed by atoms with Crippen molar-refractivity contribution in [2.45, 2.75) is 19.4 Å². The SMILES string of the molecule is CN1C(=O)N(c2ccc(Oc3ccccc3)cc2)C(=O)C1=Cc1ccc(CN2CCCC2)cc1. The summed E-state index contributed by atoms with van der Waals surface area (Å²) in [6.45, 7) is 3.26. The van der Waals surface area contributed by atoms with Crippen LogP contribution in [0.4, 0.5) is 10.5 Å². The Kier molecular flexibility index (Phi) is 6.14. The van der Waals surface area contributed by atoms with Crippen molar-refractivity contribution in [1.29, 1.82) is 0 Å². The number of ether oxygens (including phenoxy) is 1. The van der Waals surface area contributed by atoms with Crippen LogP contribution in [-0.4, -0.2) is 41.9 Å². The van der Waals surface area contributed by atoms with Gasteiger partial charge >= 0.3 is 6.03 Å². The molecule has 0 unspecified atom stereocenters. The molecular weight excluding hydrogens is 426 g/mol. The summed E-state index contributed by atoms with van der Waals surface area (Å²) in [5, 5.41) is 0. The molecule has 0 aliphatic carbocycles. The molecule has 3 aromatic rings. The lowest BCUT2D eigenvalue weighted by molar-refractivity contribution is -0.114. The van der Waals surface area contributed by atoms with Crippen LogP contribution in [0.25, 0.3) is 6.08 Å². The zero-order valence-corrected chi connectivity index (χ0v) is 19.2. The minimum atomic E-state index is -0.376. The minimum Gasteiger partial charge on any atom is -0.457 e. The minimum absolute atomic E-state index is 0.342. The fourth-order valence-corrected chi connectivity index (χ4v) is 4.35. The van der Waals surface area contributed by atoms with Crippen LogP contribution in [0.5, 0.6) is 11.5 Å². The summed E-state index contributed by atoms with van der Waals surface area (Å²) in [7, 11) is 1.63. The molecule has 0 aromatic heterocycles. The molecule has 34 heavy (non-hydrogen) atoms. The Bertz CT molecular complexity index is 1200. The Balaban J connectivity index is 1.30. The Morgan fingerprint density at radius 3 is 2.15 bits per heavy atom. The van der Waals surface area contributed by atoms with Gasteiger partial charge in [0, 0.05) is 13.6 Å². The Hall–Kier alpha value is -3.90. The van der Waals surface area contributed by atoms with Gasteiger partial charge in [-0.25, -0.2) is 9.69 Å². The second-order valence-electron chi connectivity index (χ2n) is 8.65. The molecule has 6 heteroatoms. The average molecular weight is 454 g/mol. The van der Waals surface area contributed by atoms with E-state index in [1.54, 1.807) is 37.4 Å². The van der Waals surface area contributed by atoms with Crippen LogP contribution in [0.15, 0.2) is 84.6 Å². The van der Waals surface area contributed by atoms with Gasteiger partial charge in [0.25, 0.3) is 5.91 Å². The topological polar surface area (TPSA) is 53.1 Å². The van der Waals surface area contributed by atoms with Gasteiger partial charge in [-0.1, -0.05) is 42.5 Å². The normalized spacial score (nSPS) is 17.7. The van der Waals surface area contributed by atoms with Crippen LogP contribution in [0.3, 0.4) is 0 Å². The molecule has 0 radical (unpaired) electrons. The molecule has 0 spiro atoms. The van der Waals surface area contributed by atoms with Gasteiger partial charge in [0.1, 0.15) is 17.2 Å². The maximum atomic E-state index is 13.2. The zero-order valence-electron chi connectivity index (χ0n) is 19.2. The number of imide groups is 1. The van der Waals surface area contributed by atoms with E-state index in [0.29, 0.717) is 17.1 Å². The number of hydrogen-bond donors (Lipinski definition) is 0. The third-order valence-corrected chi connectivity index (χ3v) is 6.22. The third kappa shape index (κ3) is 4.58. The second-order valence-corrected chi connectivity index (χ2v) is 8.65. The van der Waals surface area contributed by atoms with Crippen molar-refractivity contribution < 1.29 is 14.3 Å². The highest BCUT2D eigenvalue weighted by molar-refractivity contribution is 6.28. The summed E-state index contributed by atoms with van der Waals surface area (Å²) in [5.74, 6) is 1.01. The molecule has 0 saturated carbocycles. The van der Waals surface area contributed by atoms with Crippen LogP contribution in [0.2, 0.25) is 0 Å². The predicted molar refractivity (Wildman–Crippen MR) is 133 cm³/mol. The molecule has 5 rings (SSSR count). The third-order valence-electron chi connectivity index (χ3n) is 6.22. The van der Waals surface area contributed by atoms with Gasteiger partial charge in [-0.05, 0) is 79.5 Å². The lowest BCUT2D eigenvalue weighted by atomic mass is 10.1. The zero-order chi connectivity index (χ0) is 23.5. The largest absolute Gasteiger partial charge is 0.457 e. The highest BCUT2D eigenvalue weighted by Gasteiger charge is 2.39. The lowest BCUT2D eigenvalue weighted by Gasteiger charge is -2.14. The number of anilines is 1. The number of likely N-dealkylation sites (N-methyl/N-ethyl adjacent to an activating group) is 1. The Morgan fingerprint density at radius 1 is 0.824 bits per heavy atom. The van der Waals surface area contributed by atoms with Gasteiger partial charge < -0.3 is 4.74 Å². The van der Waals surface area contributed by atoms with Crippen molar-refractivity contribution in [2.24, 2.45) is 0 Å². The number of nitrogens with zero attached hydrogens (tertiary/aromatic N) is 3. The van der Waals surface area contributed by atoms with E-state index in [-0.39, 0.29) is 11.9 Å². The van der Waals surface area contributed by atoms with Crippen molar-refractivity contribution in [2.75, 3.05) is 25.0 Å². The molecule has 3 amide bonds. The number of carbonyl (C=O) groups excluding carboxylic acids is 2. The van der Waals surface area contributed by atoms with E-state index in [1.807, 2.05) is 42.5 Å². The highest BCUT2D eigenvalue weighted by Crippen LogP contribution is 2.30. The average Bonchev–Trinajstić information content (AvgIpc) is 3.44. The second kappa shape index (κ2) is 9.53. The molecule has 0 atom stereocenters. The fourth-order valence-electron chi connectivity index (χ4n) is 4.35. The molecule has 2 aliphatic heterocycles. The summed E-state index contributed by atoms with van der Waals surface area (Å²) in [6.07, 6.45) is 4.31. The molecule has 2 fully saturated rings. The monoisotopic (exact) mass is 453 g/mol. The molecule has 6 nitrogen and oxygen atoms in total. The maximum absolute atomic E-state index is 13.2. The first-order valence-corrected chi connectivity index (χ1v) is 11.6. The highest BCUT2D eigenvalue weighted by atomic mass is 16.5. The molecule has 2 saturated heterocycles. The van der Waals surface area contributed by atoms with Crippen LogP contribution < -0.4 is 9.64 Å². The Morgan fingerprint density at radius 2 is 1.47 bits per heavy atom. The number of para-hydroxylation sites is 1. The van der Waals surface area contributed by atoms with Crippen molar-refractivity contribution in [3.63, 3.8) is 0 Å². The number of hydrogen-bond acceptors (Lipinski definition) is 4. The summed E-state index contributed by atoms with van der Waals surface area (Å²) in [6, 6.07) is 24.2. The van der Waals surface area contributed by atoms with Crippen LogP contribution in [0, 0.1) is 0 Å². The lowest BCUT2D eigenvalue weighted by Crippen LogP contribution is -2.31. The van der Waals surface area contributed by atoms with Crippen molar-refractivity contribution in [3.05, 3.63) is 95.7 Å². The standard InChI is InChI=1S/C28H27N3O3/c1-29-26(19-21-9-11-22(12-10-21)20-30-17-5-6-18-30)27(32)31(28(29)33)23-13-15-25(16-14-23)34-24-7-3-2-4-8-24/h2-4,7-16,19H,5-6,17-18,20H2,1H3. The summed E-state index contributed by atoms with van der Waals surface area (Å²) < 4.78 is 5.81. The van der Waals surface area contributed by atoms with E-state index in [4.69, 9.17) is 4.74 Å². The molecule has 0 N–H and O–H groups in total. The van der Waals surface area contributed by atoms with E-state index in [9.17, 15) is 9.59 Å². The Labute approximate surface area is 199 Å². The van der Waals surface area contributed by atoms with Gasteiger partial charge in [-0.3, -0.25) is 14.6 Å².